The van der Waals surface area contributed by atoms with E-state index in [9.17, 15) is 108 Å². The van der Waals surface area contributed by atoms with E-state index in [0.717, 1.165) is 56.7 Å². The van der Waals surface area contributed by atoms with Crippen LogP contribution >= 0.6 is 92.8 Å². The number of halogens is 10. The van der Waals surface area contributed by atoms with Crippen molar-refractivity contribution in [2.75, 3.05) is 68.6 Å². The summed E-state index contributed by atoms with van der Waals surface area (Å²) in [6.07, 6.45) is -1.67. The zero-order valence-corrected chi connectivity index (χ0v) is 69.5. The van der Waals surface area contributed by atoms with Crippen LogP contribution in [0.2, 0.25) is 0 Å². The van der Waals surface area contributed by atoms with E-state index < -0.39 is 229 Å². The predicted octanol–water partition coefficient (Wildman–Crippen LogP) is -3.11. The number of anilines is 3. The lowest BCUT2D eigenvalue weighted by atomic mass is 9.92. The highest BCUT2D eigenvalue weighted by Crippen LogP contribution is 2.54. The van der Waals surface area contributed by atoms with Crippen LogP contribution in [0.3, 0.4) is 0 Å². The molecule has 2 saturated carbocycles. The number of hydrogen-bond donors (Lipinski definition) is 19. The van der Waals surface area contributed by atoms with Crippen LogP contribution in [0.4, 0.5) is 31.0 Å². The summed E-state index contributed by atoms with van der Waals surface area (Å²) in [5, 5.41) is 114. The molecule has 0 bridgehead atoms. The molecule has 52 heteroatoms. The maximum atomic E-state index is 13.5. The molecule has 6 saturated heterocycles. The fourth-order valence-electron chi connectivity index (χ4n) is 14.6. The summed E-state index contributed by atoms with van der Waals surface area (Å²) in [7, 11) is 0. The normalized spacial score (nSPS) is 36.1. The number of aliphatic hydroxyl groups is 12. The van der Waals surface area contributed by atoms with Crippen molar-refractivity contribution in [1.82, 2.24) is 58.0 Å². The number of carbonyl (C=O) groups excluding carboxylic acids is 1. The number of aromatic nitrogens is 10. The van der Waals surface area contributed by atoms with Crippen LogP contribution in [-0.4, -0.2) is 286 Å². The van der Waals surface area contributed by atoms with Crippen molar-refractivity contribution in [3.63, 3.8) is 0 Å². The number of amides is 2. The molecule has 9 aliphatic rings. The number of nitrogens with two attached hydrogens (primary N) is 4. The van der Waals surface area contributed by atoms with Crippen molar-refractivity contribution in [3.05, 3.63) is 146 Å². The van der Waals surface area contributed by atoms with Crippen molar-refractivity contribution in [2.24, 2.45) is 17.6 Å². The van der Waals surface area contributed by atoms with Gasteiger partial charge in [0, 0.05) is 43.1 Å². The molecule has 0 spiro atoms. The lowest BCUT2D eigenvalue weighted by Gasteiger charge is -2.33. The number of nitrogen functional groups attached to an aromatic ring is 3. The van der Waals surface area contributed by atoms with Gasteiger partial charge in [-0.3, -0.25) is 47.3 Å². The molecule has 0 radical (unpaired) electrons. The zero-order valence-electron chi connectivity index (χ0n) is 63.4. The van der Waals surface area contributed by atoms with Gasteiger partial charge in [0.25, 0.3) is 11.1 Å². The second-order valence-corrected chi connectivity index (χ2v) is 33.0. The Morgan fingerprint density at radius 2 is 0.783 bits per heavy atom. The zero-order chi connectivity index (χ0) is 89.0. The average molecular weight is 1870 g/mol. The van der Waals surface area contributed by atoms with Gasteiger partial charge in [-0.05, 0) is 62.5 Å². The number of nitrogens with one attached hydrogen (secondary N) is 3. The number of aromatic amines is 2. The van der Waals surface area contributed by atoms with Crippen molar-refractivity contribution in [3.8, 4) is 0 Å². The monoisotopic (exact) mass is 1870 g/mol. The van der Waals surface area contributed by atoms with E-state index in [-0.39, 0.29) is 55.1 Å². The Morgan fingerprint density at radius 1 is 0.458 bits per heavy atom. The molecular weight excluding hydrogens is 1780 g/mol. The summed E-state index contributed by atoms with van der Waals surface area (Å²) in [5.74, 6) is -2.49. The highest BCUT2D eigenvalue weighted by atomic mass is 35.5. The van der Waals surface area contributed by atoms with Crippen molar-refractivity contribution in [1.29, 1.82) is 0 Å². The quantitative estimate of drug-likeness (QED) is 0.0343. The minimum Gasteiger partial charge on any atom is -0.393 e. The summed E-state index contributed by atoms with van der Waals surface area (Å²) in [4.78, 5) is 108. The van der Waals surface area contributed by atoms with Gasteiger partial charge in [0.2, 0.25) is 0 Å². The van der Waals surface area contributed by atoms with Crippen LogP contribution in [-0.2, 0) is 28.4 Å². The number of hydrogen-bond acceptors (Lipinski definition) is 33. The molecule has 14 rings (SSSR count). The first-order valence-electron chi connectivity index (χ1n) is 37.0. The summed E-state index contributed by atoms with van der Waals surface area (Å²) in [6.45, 7) is 1.10. The molecule has 670 valence electrons. The summed E-state index contributed by atoms with van der Waals surface area (Å²) in [6, 6.07) is 4.51. The number of urea groups is 1. The van der Waals surface area contributed by atoms with Gasteiger partial charge in [0.1, 0.15) is 120 Å². The third-order valence-electron chi connectivity index (χ3n) is 21.7. The van der Waals surface area contributed by atoms with E-state index >= 15 is 0 Å². The van der Waals surface area contributed by atoms with Crippen molar-refractivity contribution in [2.45, 2.75) is 211 Å². The number of aliphatic hydroxyl groups excluding tert-OH is 12. The van der Waals surface area contributed by atoms with E-state index in [1.165, 1.54) is 58.2 Å². The molecule has 5 aromatic heterocycles. The Balaban J connectivity index is 0.000000164. The number of ether oxygens (including phenoxy) is 6. The first-order valence-corrected chi connectivity index (χ1v) is 40.6. The lowest BCUT2D eigenvalue weighted by molar-refractivity contribution is -0.141. The molecule has 5 aromatic rings. The van der Waals surface area contributed by atoms with Gasteiger partial charge in [-0.15, -0.1) is 92.8 Å². The molecule has 2 aliphatic carbocycles. The van der Waals surface area contributed by atoms with Crippen molar-refractivity contribution < 1.29 is 103 Å². The van der Waals surface area contributed by atoms with Crippen LogP contribution in [0.1, 0.15) is 96.4 Å². The van der Waals surface area contributed by atoms with Crippen LogP contribution < -0.4 is 67.8 Å². The Bertz CT molecular complexity index is 4840. The minimum absolute atomic E-state index is 0.0345. The number of H-pyrrole nitrogens is 2. The van der Waals surface area contributed by atoms with Crippen LogP contribution in [0.25, 0.3) is 0 Å². The van der Waals surface area contributed by atoms with Gasteiger partial charge >= 0.3 is 34.5 Å². The van der Waals surface area contributed by atoms with Gasteiger partial charge in [0.15, 0.2) is 54.8 Å². The first kappa shape index (κ1) is 97.6. The average Bonchev–Trinajstić information content (AvgIpc) is 1.58. The van der Waals surface area contributed by atoms with Gasteiger partial charge in [-0.2, -0.15) is 15.0 Å². The maximum absolute atomic E-state index is 13.5. The van der Waals surface area contributed by atoms with Crippen molar-refractivity contribution >= 4 is 116 Å². The Labute approximate surface area is 717 Å². The molecule has 12 heterocycles. The molecule has 2 amide bonds. The highest BCUT2D eigenvalue weighted by molar-refractivity contribution is 6.23. The molecule has 23 N–H and O–H groups in total. The van der Waals surface area contributed by atoms with Gasteiger partial charge in [-0.25, -0.2) is 37.5 Å². The van der Waals surface area contributed by atoms with Crippen LogP contribution in [0.5, 0.6) is 0 Å². The van der Waals surface area contributed by atoms with E-state index in [2.05, 4.69) is 30.2 Å². The maximum Gasteiger partial charge on any atom is 0.351 e. The second kappa shape index (κ2) is 40.0. The SMILES string of the molecule is CCC[C@]1(CO)O[C@@H](n2ccc(=O)[nH]c2=O)[C@H](Cl)[C@@H]1O.CCC[C@]1(CO)O[C@@H](n2ccc(N)nc2=O)[C@H](Cl)[C@@H]1O.NC1NC(=O)N([C@@H]2O[C@@](CO)(CCl)[C@@H](O)[C@H]2Cl)C=C1F.Nc1ccn([C@@H]2O[C@@](CO)(C3CC3)[C@@H](O)[C@H]2Cl)c(=O)n1.Nc1nc(=O)n([C@@H]2O[C@@](CO)(CCl)[C@@H](O)[C@H]2Cl)cc1F.O=c1ccn([C@@H]2O[C@@](CO)(C3CC3)[C@@H](O)[C@H]2Cl)c(=O)[nH]1. The predicted molar refractivity (Wildman–Crippen MR) is 424 cm³/mol. The van der Waals surface area contributed by atoms with Crippen LogP contribution in [0, 0.1) is 17.7 Å². The van der Waals surface area contributed by atoms with E-state index in [1.807, 2.05) is 13.8 Å². The largest absolute Gasteiger partial charge is 0.393 e. The standard InChI is InChI=1S/C12H16ClN3O4.C12H18ClN3O4.C12H15ClN2O5.C12H17ClN2O5.C10H14Cl2FN3O4.C10H12Cl2FN3O4/c13-8-9(18)12(5-17,6-1-2-6)20-10(8)16-4-3-7(14)15-11(16)19;1-2-4-12(6-17)9(18)8(13)10(20-12)16-5-3-7(14)15-11(16)19;13-8-9(18)12(5-16,6-1-2-6)20-10(8)15-4-3-7(17)14-11(15)19;1-2-4-12(6-16)9(18)8(13)10(20-12)15-5-3-7(17)14-11(15)19;2*11-2-10(3-17)6(18)5(12)8(20-10)16-1-4(13)7(14)15-9(16)19/h3-4,6,8-10,17-18H,1-2,5H2,(H2,14,15,19);3,5,8-10,17-18H,2,4,6H2,1H3,(H2,14,15,19);3-4,6,8-10,16,18H,1-2,5H2,(H,14,17,19);3,5,8-10,16,18H,2,4,6H2,1H3,(H,14,17,19);1,5-8,17-18H,2-3,14H2,(H,15,19);1,5-6,8,17-18H,2-3H2,(H2,14,15,19)/t8-,9+,10-,12+;8-,9+,10-,12-;8-,9+,10-,12+;8-,9+,10-,12-;5-,6+,7?,8-,10-;5-,6+,8-,10-/m111111/s1. The Morgan fingerprint density at radius 3 is 1.13 bits per heavy atom. The van der Waals surface area contributed by atoms with Gasteiger partial charge in [-0.1, -0.05) is 26.7 Å². The summed E-state index contributed by atoms with van der Waals surface area (Å²) >= 11 is 48.0. The second-order valence-electron chi connectivity index (χ2n) is 29.5. The Hall–Kier alpha value is -6.17. The fraction of sp³-hybridized carbons (Fsp3) is 0.662. The molecule has 0 aromatic carbocycles. The van der Waals surface area contributed by atoms with E-state index in [4.69, 9.17) is 144 Å². The number of carbonyl (C=O) groups is 1. The number of nitrogens with zero attached hydrogens (tertiary/aromatic N) is 9. The summed E-state index contributed by atoms with van der Waals surface area (Å²) in [5.41, 5.74) is 9.23. The topological polar surface area (TPSA) is 649 Å². The molecule has 25 atom stereocenters. The summed E-state index contributed by atoms with van der Waals surface area (Å²) < 4.78 is 66.0. The molecule has 7 aliphatic heterocycles. The molecule has 120 heavy (non-hydrogen) atoms. The number of alkyl halides is 8. The first-order chi connectivity index (χ1) is 56.6. The Kier molecular flexibility index (Phi) is 32.5. The third kappa shape index (κ3) is 19.4. The van der Waals surface area contributed by atoms with E-state index in [0.29, 0.717) is 25.7 Å². The third-order valence-corrected chi connectivity index (χ3v) is 25.3. The number of rotatable bonds is 20. The lowest BCUT2D eigenvalue weighted by Crippen LogP contribution is -2.55. The molecular formula is C68H92Cl8F2N16O26. The molecule has 8 fully saturated rings. The fourth-order valence-corrected chi connectivity index (χ4v) is 17.6. The van der Waals surface area contributed by atoms with E-state index in [1.54, 1.807) is 0 Å². The van der Waals surface area contributed by atoms with Gasteiger partial charge in [0.05, 0.1) is 57.6 Å². The van der Waals surface area contributed by atoms with Gasteiger partial charge < -0.3 is 118 Å². The smallest absolute Gasteiger partial charge is 0.351 e. The highest BCUT2D eigenvalue weighted by Gasteiger charge is 2.64. The van der Waals surface area contributed by atoms with Crippen LogP contribution in [0.15, 0.2) is 101 Å². The minimum atomic E-state index is -1.53. The molecule has 1 unspecified atom stereocenters. The molecule has 42 nitrogen and oxygen atoms in total.